The lowest BCUT2D eigenvalue weighted by molar-refractivity contribution is -0.166. The lowest BCUT2D eigenvalue weighted by Crippen LogP contribution is -2.44. The van der Waals surface area contributed by atoms with E-state index in [1.54, 1.807) is 42.5 Å². The first-order chi connectivity index (χ1) is 17.7. The minimum Gasteiger partial charge on any atom is -0.497 e. The van der Waals surface area contributed by atoms with Gasteiger partial charge in [-0.05, 0) is 84.0 Å². The van der Waals surface area contributed by atoms with Crippen molar-refractivity contribution in [3.05, 3.63) is 130 Å². The molecule has 0 saturated carbocycles. The topological polar surface area (TPSA) is 35.5 Å². The first-order valence-electron chi connectivity index (χ1n) is 12.0. The van der Waals surface area contributed by atoms with E-state index in [4.69, 9.17) is 9.47 Å². The van der Waals surface area contributed by atoms with Crippen LogP contribution in [0.2, 0.25) is 0 Å². The molecule has 1 aliphatic carbocycles. The van der Waals surface area contributed by atoms with Crippen molar-refractivity contribution in [2.45, 2.75) is 31.4 Å². The monoisotopic (exact) mass is 502 g/mol. The predicted octanol–water partition coefficient (Wildman–Crippen LogP) is 7.22. The van der Waals surface area contributed by atoms with Crippen LogP contribution in [0, 0.1) is 6.92 Å². The molecule has 1 aliphatic rings. The molecule has 4 aromatic carbocycles. The van der Waals surface area contributed by atoms with Gasteiger partial charge >= 0.3 is 12.1 Å². The van der Waals surface area contributed by atoms with Gasteiger partial charge in [-0.25, -0.2) is 4.79 Å². The SMILES string of the molecule is COc1ccc(C(c2ccc(OC(=O)c3ccc(C)cc3)cc2)(c2ccc3c(c2)CC3)C(F)(F)F)cc1. The number of carbonyl (C=O) groups is 1. The fraction of sp³-hybridized carbons (Fsp3) is 0.194. The van der Waals surface area contributed by atoms with Gasteiger partial charge in [0.2, 0.25) is 0 Å². The highest BCUT2D eigenvalue weighted by Gasteiger charge is 2.58. The zero-order chi connectivity index (χ0) is 26.2. The van der Waals surface area contributed by atoms with Crippen LogP contribution in [0.15, 0.2) is 91.0 Å². The molecule has 4 aromatic rings. The summed E-state index contributed by atoms with van der Waals surface area (Å²) in [5.41, 5.74) is 1.19. The summed E-state index contributed by atoms with van der Waals surface area (Å²) in [5, 5.41) is 0. The van der Waals surface area contributed by atoms with Crippen molar-refractivity contribution in [2.75, 3.05) is 7.11 Å². The number of fused-ring (bicyclic) bond motifs is 1. The van der Waals surface area contributed by atoms with Gasteiger partial charge in [0.1, 0.15) is 16.9 Å². The molecule has 0 N–H and O–H groups in total. The molecule has 0 aromatic heterocycles. The Balaban J connectivity index is 1.60. The maximum atomic E-state index is 15.3. The molecule has 0 aliphatic heterocycles. The van der Waals surface area contributed by atoms with Gasteiger partial charge in [0.05, 0.1) is 12.7 Å². The number of hydrogen-bond donors (Lipinski definition) is 0. The smallest absolute Gasteiger partial charge is 0.406 e. The molecule has 188 valence electrons. The molecule has 0 amide bonds. The van der Waals surface area contributed by atoms with Gasteiger partial charge in [0, 0.05) is 0 Å². The largest absolute Gasteiger partial charge is 0.497 e. The number of ether oxygens (including phenoxy) is 2. The molecular weight excluding hydrogens is 477 g/mol. The average Bonchev–Trinajstić information content (AvgIpc) is 2.87. The van der Waals surface area contributed by atoms with Crippen molar-refractivity contribution in [3.63, 3.8) is 0 Å². The molecular formula is C31H25F3O3. The summed E-state index contributed by atoms with van der Waals surface area (Å²) in [6.07, 6.45) is -3.04. The number of benzene rings is 4. The Kier molecular flexibility index (Phi) is 6.28. The van der Waals surface area contributed by atoms with Gasteiger partial charge in [-0.3, -0.25) is 0 Å². The third-order valence-electron chi connectivity index (χ3n) is 7.04. The molecule has 37 heavy (non-hydrogen) atoms. The van der Waals surface area contributed by atoms with Crippen molar-refractivity contribution in [3.8, 4) is 11.5 Å². The van der Waals surface area contributed by atoms with Gasteiger partial charge in [-0.1, -0.05) is 60.2 Å². The van der Waals surface area contributed by atoms with Crippen LogP contribution in [0.25, 0.3) is 0 Å². The van der Waals surface area contributed by atoms with E-state index in [0.29, 0.717) is 11.3 Å². The maximum Gasteiger partial charge on any atom is 0.406 e. The van der Waals surface area contributed by atoms with Gasteiger partial charge in [-0.2, -0.15) is 13.2 Å². The fourth-order valence-electron chi connectivity index (χ4n) is 4.89. The lowest BCUT2D eigenvalue weighted by Gasteiger charge is -2.38. The maximum absolute atomic E-state index is 15.3. The molecule has 0 heterocycles. The normalized spacial score (nSPS) is 14.2. The number of halogens is 3. The predicted molar refractivity (Wildman–Crippen MR) is 135 cm³/mol. The second-order valence-electron chi connectivity index (χ2n) is 9.24. The van der Waals surface area contributed by atoms with E-state index in [1.165, 1.54) is 55.6 Å². The van der Waals surface area contributed by atoms with Crippen LogP contribution in [0.1, 0.15) is 43.7 Å². The Morgan fingerprint density at radius 1 is 0.703 bits per heavy atom. The molecule has 1 atom stereocenters. The average molecular weight is 503 g/mol. The van der Waals surface area contributed by atoms with Crippen molar-refractivity contribution in [1.29, 1.82) is 0 Å². The number of hydrogen-bond acceptors (Lipinski definition) is 3. The van der Waals surface area contributed by atoms with Gasteiger partial charge in [0.25, 0.3) is 0 Å². The quantitative estimate of drug-likeness (QED) is 0.159. The Hall–Kier alpha value is -4.06. The van der Waals surface area contributed by atoms with Crippen molar-refractivity contribution >= 4 is 5.97 Å². The Labute approximate surface area is 213 Å². The number of aryl methyl sites for hydroxylation is 3. The molecule has 0 bridgehead atoms. The summed E-state index contributed by atoms with van der Waals surface area (Å²) >= 11 is 0. The Bertz CT molecular complexity index is 1420. The number of esters is 1. The summed E-state index contributed by atoms with van der Waals surface area (Å²) < 4.78 is 56.6. The second kappa shape index (κ2) is 9.43. The third kappa shape index (κ3) is 4.37. The molecule has 0 fully saturated rings. The molecule has 6 heteroatoms. The molecule has 5 rings (SSSR count). The number of carbonyl (C=O) groups excluding carboxylic acids is 1. The first-order valence-corrected chi connectivity index (χ1v) is 12.0. The molecule has 0 spiro atoms. The molecule has 0 radical (unpaired) electrons. The zero-order valence-electron chi connectivity index (χ0n) is 20.4. The van der Waals surface area contributed by atoms with E-state index < -0.39 is 17.6 Å². The lowest BCUT2D eigenvalue weighted by atomic mass is 9.67. The molecule has 3 nitrogen and oxygen atoms in total. The van der Waals surface area contributed by atoms with Crippen LogP contribution in [-0.2, 0) is 18.3 Å². The van der Waals surface area contributed by atoms with E-state index in [9.17, 15) is 4.79 Å². The van der Waals surface area contributed by atoms with Crippen LogP contribution in [0.3, 0.4) is 0 Å². The van der Waals surface area contributed by atoms with Crippen LogP contribution in [-0.4, -0.2) is 19.3 Å². The van der Waals surface area contributed by atoms with Crippen LogP contribution in [0.5, 0.6) is 11.5 Å². The summed E-state index contributed by atoms with van der Waals surface area (Å²) in [5.74, 6) is 0.0555. The van der Waals surface area contributed by atoms with E-state index in [-0.39, 0.29) is 22.4 Å². The fourth-order valence-corrected chi connectivity index (χ4v) is 4.89. The standard InChI is InChI=1S/C31H25F3O3/c1-20-3-5-22(6-4-20)29(35)37-28-17-13-25(14-18-28)30(31(32,33)34,24-11-15-27(36-2)16-12-24)26-10-9-21-7-8-23(21)19-26/h3-6,9-19H,7-8H2,1-2H3. The van der Waals surface area contributed by atoms with Crippen LogP contribution < -0.4 is 9.47 Å². The minimum atomic E-state index is -4.67. The summed E-state index contributed by atoms with van der Waals surface area (Å²) in [4.78, 5) is 12.5. The van der Waals surface area contributed by atoms with Crippen molar-refractivity contribution in [1.82, 2.24) is 0 Å². The zero-order valence-corrected chi connectivity index (χ0v) is 20.4. The van der Waals surface area contributed by atoms with E-state index in [0.717, 1.165) is 29.5 Å². The highest BCUT2D eigenvalue weighted by molar-refractivity contribution is 5.91. The third-order valence-corrected chi connectivity index (χ3v) is 7.04. The highest BCUT2D eigenvalue weighted by Crippen LogP contribution is 2.52. The van der Waals surface area contributed by atoms with Crippen molar-refractivity contribution < 1.29 is 27.4 Å². The molecule has 1 unspecified atom stereocenters. The highest BCUT2D eigenvalue weighted by atomic mass is 19.4. The number of methoxy groups -OCH3 is 1. The van der Waals surface area contributed by atoms with E-state index in [2.05, 4.69) is 0 Å². The second-order valence-corrected chi connectivity index (χ2v) is 9.24. The molecule has 0 saturated heterocycles. The van der Waals surface area contributed by atoms with E-state index in [1.807, 2.05) is 6.92 Å². The van der Waals surface area contributed by atoms with Crippen molar-refractivity contribution in [2.24, 2.45) is 0 Å². The Morgan fingerprint density at radius 3 is 1.73 bits per heavy atom. The van der Waals surface area contributed by atoms with Gasteiger partial charge in [-0.15, -0.1) is 0 Å². The summed E-state index contributed by atoms with van der Waals surface area (Å²) in [7, 11) is 1.47. The van der Waals surface area contributed by atoms with Gasteiger partial charge < -0.3 is 9.47 Å². The summed E-state index contributed by atoms with van der Waals surface area (Å²) in [6.45, 7) is 1.91. The first kappa shape index (κ1) is 24.6. The van der Waals surface area contributed by atoms with Crippen LogP contribution in [0.4, 0.5) is 13.2 Å². The number of rotatable bonds is 6. The van der Waals surface area contributed by atoms with Crippen LogP contribution >= 0.6 is 0 Å². The Morgan fingerprint density at radius 2 is 1.24 bits per heavy atom. The van der Waals surface area contributed by atoms with Gasteiger partial charge in [0.15, 0.2) is 0 Å². The minimum absolute atomic E-state index is 0.0274. The number of alkyl halides is 3. The van der Waals surface area contributed by atoms with E-state index >= 15 is 13.2 Å². The summed E-state index contributed by atoms with van der Waals surface area (Å²) in [6, 6.07) is 23.5.